The molecular weight excluding hydrogens is 210 g/mol. The Morgan fingerprint density at radius 2 is 2.31 bits per heavy atom. The minimum absolute atomic E-state index is 0.0185. The second kappa shape index (κ2) is 3.97. The van der Waals surface area contributed by atoms with Gasteiger partial charge in [0, 0.05) is 6.20 Å². The number of nitrogens with zero attached hydrogens (tertiary/aromatic N) is 2. The molecule has 3 N–H and O–H groups in total. The lowest BCUT2D eigenvalue weighted by molar-refractivity contribution is 0.102. The molecule has 0 bridgehead atoms. The minimum Gasteiger partial charge on any atom is -0.328 e. The van der Waals surface area contributed by atoms with Crippen LogP contribution in [0.4, 0.5) is 5.95 Å². The number of aromatic nitrogens is 4. The lowest BCUT2D eigenvalue weighted by atomic mass is 10.2. The number of hydrogen-bond acceptors (Lipinski definition) is 4. The highest BCUT2D eigenvalue weighted by atomic mass is 16.2. The summed E-state index contributed by atoms with van der Waals surface area (Å²) >= 11 is 0. The molecule has 1 amide bonds. The van der Waals surface area contributed by atoms with Crippen LogP contribution in [0.2, 0.25) is 0 Å². The molecule has 0 fully saturated rings. The van der Waals surface area contributed by atoms with Gasteiger partial charge in [-0.15, -0.1) is 5.10 Å². The Balaban J connectivity index is 2.21. The molecule has 16 heavy (non-hydrogen) atoms. The van der Waals surface area contributed by atoms with Crippen molar-refractivity contribution in [1.82, 2.24) is 20.2 Å². The second-order valence-corrected chi connectivity index (χ2v) is 3.11. The van der Waals surface area contributed by atoms with Crippen molar-refractivity contribution in [3.63, 3.8) is 0 Å². The van der Waals surface area contributed by atoms with E-state index in [-0.39, 0.29) is 11.5 Å². The molecule has 82 valence electrons. The largest absolute Gasteiger partial charge is 0.328 e. The summed E-state index contributed by atoms with van der Waals surface area (Å²) in [4.78, 5) is 29.2. The molecule has 0 unspecified atom stereocenters. The summed E-state index contributed by atoms with van der Waals surface area (Å²) in [5, 5.41) is 8.72. The van der Waals surface area contributed by atoms with Crippen molar-refractivity contribution in [3.8, 4) is 0 Å². The molecule has 7 nitrogen and oxygen atoms in total. The lowest BCUT2D eigenvalue weighted by Gasteiger charge is -1.98. The summed E-state index contributed by atoms with van der Waals surface area (Å²) < 4.78 is 0. The number of pyridine rings is 1. The minimum atomic E-state index is -0.541. The van der Waals surface area contributed by atoms with Gasteiger partial charge >= 0.3 is 0 Å². The summed E-state index contributed by atoms with van der Waals surface area (Å²) in [7, 11) is 0. The third kappa shape index (κ3) is 1.97. The van der Waals surface area contributed by atoms with Crippen molar-refractivity contribution < 1.29 is 4.79 Å². The van der Waals surface area contributed by atoms with E-state index < -0.39 is 11.5 Å². The number of rotatable bonds is 2. The van der Waals surface area contributed by atoms with Crippen LogP contribution in [-0.2, 0) is 0 Å². The maximum atomic E-state index is 11.6. The molecule has 7 heteroatoms. The van der Waals surface area contributed by atoms with E-state index in [1.165, 1.54) is 12.3 Å². The van der Waals surface area contributed by atoms with Gasteiger partial charge in [0.1, 0.15) is 11.4 Å². The van der Waals surface area contributed by atoms with Crippen LogP contribution in [0.3, 0.4) is 0 Å². The highest BCUT2D eigenvalue weighted by Crippen LogP contribution is 1.99. The van der Waals surface area contributed by atoms with Crippen molar-refractivity contribution in [1.29, 1.82) is 0 Å². The maximum Gasteiger partial charge on any atom is 0.263 e. The summed E-state index contributed by atoms with van der Waals surface area (Å²) in [6.45, 7) is 1.71. The molecule has 0 atom stereocenters. The van der Waals surface area contributed by atoms with Crippen LogP contribution in [0, 0.1) is 6.92 Å². The molecule has 2 heterocycles. The third-order valence-electron chi connectivity index (χ3n) is 1.89. The first-order chi connectivity index (χ1) is 7.66. The number of amides is 1. The second-order valence-electron chi connectivity index (χ2n) is 3.11. The van der Waals surface area contributed by atoms with Gasteiger partial charge in [0.05, 0.1) is 0 Å². The van der Waals surface area contributed by atoms with Gasteiger partial charge in [-0.05, 0) is 19.1 Å². The number of nitrogens with one attached hydrogen (secondary N) is 3. The smallest absolute Gasteiger partial charge is 0.263 e. The van der Waals surface area contributed by atoms with E-state index in [1.54, 1.807) is 13.0 Å². The third-order valence-corrected chi connectivity index (χ3v) is 1.89. The molecular formula is C9H9N5O2. The first-order valence-electron chi connectivity index (χ1n) is 4.55. The molecule has 0 saturated heterocycles. The van der Waals surface area contributed by atoms with Gasteiger partial charge in [0.25, 0.3) is 11.5 Å². The van der Waals surface area contributed by atoms with E-state index in [1.807, 2.05) is 0 Å². The Labute approximate surface area is 89.9 Å². The number of aromatic amines is 2. The first-order valence-corrected chi connectivity index (χ1v) is 4.55. The summed E-state index contributed by atoms with van der Waals surface area (Å²) in [5.74, 6) is 0.184. The Morgan fingerprint density at radius 3 is 2.94 bits per heavy atom. The van der Waals surface area contributed by atoms with Gasteiger partial charge in [0.15, 0.2) is 0 Å². The number of carbonyl (C=O) groups is 1. The number of aryl methyl sites for hydroxylation is 1. The molecule has 2 rings (SSSR count). The Bertz CT molecular complexity index is 571. The summed E-state index contributed by atoms with van der Waals surface area (Å²) in [5.41, 5.74) is -0.433. The highest BCUT2D eigenvalue weighted by Gasteiger charge is 2.11. The SMILES string of the molecule is Cc1nc(NC(=O)c2ccc[nH]c2=O)n[nH]1. The Hall–Kier alpha value is -2.44. The molecule has 0 saturated carbocycles. The molecule has 0 spiro atoms. The molecule has 0 aromatic carbocycles. The van der Waals surface area contributed by atoms with Gasteiger partial charge in [-0.25, -0.2) is 0 Å². The number of hydrogen-bond donors (Lipinski definition) is 3. The predicted molar refractivity (Wildman–Crippen MR) is 56.1 cm³/mol. The van der Waals surface area contributed by atoms with E-state index >= 15 is 0 Å². The van der Waals surface area contributed by atoms with Gasteiger partial charge < -0.3 is 4.98 Å². The molecule has 2 aromatic rings. The van der Waals surface area contributed by atoms with E-state index in [0.29, 0.717) is 5.82 Å². The number of H-pyrrole nitrogens is 2. The summed E-state index contributed by atoms with van der Waals surface area (Å²) in [6.07, 6.45) is 1.45. The predicted octanol–water partition coefficient (Wildman–Crippen LogP) is 0.0537. The number of anilines is 1. The zero-order valence-electron chi connectivity index (χ0n) is 8.44. The lowest BCUT2D eigenvalue weighted by Crippen LogP contribution is -2.22. The van der Waals surface area contributed by atoms with Crippen molar-refractivity contribution in [2.75, 3.05) is 5.32 Å². The van der Waals surface area contributed by atoms with Crippen molar-refractivity contribution >= 4 is 11.9 Å². The van der Waals surface area contributed by atoms with E-state index in [9.17, 15) is 9.59 Å². The normalized spacial score (nSPS) is 10.1. The average Bonchev–Trinajstić information content (AvgIpc) is 2.64. The van der Waals surface area contributed by atoms with Crippen LogP contribution in [0.25, 0.3) is 0 Å². The van der Waals surface area contributed by atoms with Gasteiger partial charge in [0.2, 0.25) is 5.95 Å². The van der Waals surface area contributed by atoms with Crippen molar-refractivity contribution in [2.24, 2.45) is 0 Å². The molecule has 0 aliphatic rings. The monoisotopic (exact) mass is 219 g/mol. The van der Waals surface area contributed by atoms with Crippen molar-refractivity contribution in [3.05, 3.63) is 40.1 Å². The molecule has 0 aliphatic heterocycles. The van der Waals surface area contributed by atoms with E-state index in [0.717, 1.165) is 0 Å². The topological polar surface area (TPSA) is 104 Å². The fraction of sp³-hybridized carbons (Fsp3) is 0.111. The van der Waals surface area contributed by atoms with Crippen LogP contribution in [0.15, 0.2) is 23.1 Å². The summed E-state index contributed by atoms with van der Waals surface area (Å²) in [6, 6.07) is 2.99. The van der Waals surface area contributed by atoms with E-state index in [4.69, 9.17) is 0 Å². The number of carbonyl (C=O) groups excluding carboxylic acids is 1. The zero-order valence-corrected chi connectivity index (χ0v) is 8.44. The van der Waals surface area contributed by atoms with Crippen LogP contribution >= 0.6 is 0 Å². The standard InChI is InChI=1S/C9H9N5O2/c1-5-11-9(14-13-5)12-8(16)6-3-2-4-10-7(6)15/h2-4H,1H3,(H,10,15)(H2,11,12,13,14,16). The Kier molecular flexibility index (Phi) is 2.50. The fourth-order valence-electron chi connectivity index (χ4n) is 1.17. The van der Waals surface area contributed by atoms with Gasteiger partial charge in [-0.1, -0.05) is 0 Å². The van der Waals surface area contributed by atoms with E-state index in [2.05, 4.69) is 25.5 Å². The fourth-order valence-corrected chi connectivity index (χ4v) is 1.17. The maximum absolute atomic E-state index is 11.6. The average molecular weight is 219 g/mol. The first kappa shape index (κ1) is 10.1. The molecule has 0 radical (unpaired) electrons. The van der Waals surface area contributed by atoms with Gasteiger partial charge in [-0.2, -0.15) is 4.98 Å². The van der Waals surface area contributed by atoms with Crippen LogP contribution in [0.5, 0.6) is 0 Å². The highest BCUT2D eigenvalue weighted by molar-refractivity contribution is 6.02. The van der Waals surface area contributed by atoms with Gasteiger partial charge in [-0.3, -0.25) is 20.0 Å². The Morgan fingerprint density at radius 1 is 1.50 bits per heavy atom. The quantitative estimate of drug-likeness (QED) is 0.664. The molecule has 0 aliphatic carbocycles. The van der Waals surface area contributed by atoms with Crippen LogP contribution in [-0.4, -0.2) is 26.1 Å². The zero-order chi connectivity index (χ0) is 11.5. The van der Waals surface area contributed by atoms with Crippen LogP contribution < -0.4 is 10.9 Å². The molecule has 2 aromatic heterocycles. The van der Waals surface area contributed by atoms with Crippen molar-refractivity contribution in [2.45, 2.75) is 6.92 Å². The van der Waals surface area contributed by atoms with Crippen LogP contribution in [0.1, 0.15) is 16.2 Å².